The van der Waals surface area contributed by atoms with Crippen LogP contribution < -0.4 is 14.8 Å². The molecule has 0 heterocycles. The third-order valence-corrected chi connectivity index (χ3v) is 3.00. The molecule has 0 saturated carbocycles. The van der Waals surface area contributed by atoms with Gasteiger partial charge in [-0.1, -0.05) is 0 Å². The van der Waals surface area contributed by atoms with Crippen LogP contribution in [0.2, 0.25) is 0 Å². The van der Waals surface area contributed by atoms with Gasteiger partial charge in [0.05, 0.1) is 25.5 Å². The van der Waals surface area contributed by atoms with Gasteiger partial charge in [-0.15, -0.1) is 0 Å². The highest BCUT2D eigenvalue weighted by Crippen LogP contribution is 2.29. The SMILES string of the molecule is COc1ccc(OC)c(NCCC(C)(C)OC)c1. The van der Waals surface area contributed by atoms with Gasteiger partial charge in [0.15, 0.2) is 0 Å². The molecule has 0 atom stereocenters. The molecule has 1 N–H and O–H groups in total. The first kappa shape index (κ1) is 14.6. The lowest BCUT2D eigenvalue weighted by atomic mass is 10.1. The van der Waals surface area contributed by atoms with E-state index in [4.69, 9.17) is 14.2 Å². The van der Waals surface area contributed by atoms with Crippen LogP contribution >= 0.6 is 0 Å². The molecule has 0 aliphatic rings. The van der Waals surface area contributed by atoms with Crippen LogP contribution in [0.5, 0.6) is 11.5 Å². The Bertz CT molecular complexity index is 377. The van der Waals surface area contributed by atoms with E-state index in [2.05, 4.69) is 19.2 Å². The lowest BCUT2D eigenvalue weighted by Gasteiger charge is -2.23. The highest BCUT2D eigenvalue weighted by molar-refractivity contribution is 5.59. The number of rotatable bonds is 7. The van der Waals surface area contributed by atoms with E-state index in [0.29, 0.717) is 0 Å². The molecule has 4 nitrogen and oxygen atoms in total. The summed E-state index contributed by atoms with van der Waals surface area (Å²) < 4.78 is 15.9. The zero-order chi connectivity index (χ0) is 13.6. The first-order chi connectivity index (χ1) is 8.52. The quantitative estimate of drug-likeness (QED) is 0.811. The minimum Gasteiger partial charge on any atom is -0.497 e. The molecule has 0 saturated heterocycles. The van der Waals surface area contributed by atoms with Crippen molar-refractivity contribution in [3.63, 3.8) is 0 Å². The lowest BCUT2D eigenvalue weighted by molar-refractivity contribution is 0.0185. The Labute approximate surface area is 109 Å². The highest BCUT2D eigenvalue weighted by atomic mass is 16.5. The number of hydrogen-bond donors (Lipinski definition) is 1. The van der Waals surface area contributed by atoms with Crippen LogP contribution in [-0.4, -0.2) is 33.5 Å². The minimum absolute atomic E-state index is 0.126. The van der Waals surface area contributed by atoms with Crippen LogP contribution in [0.1, 0.15) is 20.3 Å². The Kier molecular flexibility index (Phi) is 5.28. The first-order valence-electron chi connectivity index (χ1n) is 6.03. The van der Waals surface area contributed by atoms with Gasteiger partial charge >= 0.3 is 0 Å². The molecule has 0 spiro atoms. The number of ether oxygens (including phenoxy) is 3. The van der Waals surface area contributed by atoms with Crippen LogP contribution in [0.4, 0.5) is 5.69 Å². The van der Waals surface area contributed by atoms with Crippen molar-refractivity contribution in [1.82, 2.24) is 0 Å². The van der Waals surface area contributed by atoms with Crippen LogP contribution in [0.3, 0.4) is 0 Å². The Balaban J connectivity index is 2.65. The monoisotopic (exact) mass is 253 g/mol. The molecule has 0 amide bonds. The summed E-state index contributed by atoms with van der Waals surface area (Å²) in [5.41, 5.74) is 0.808. The molecule has 0 unspecified atom stereocenters. The maximum Gasteiger partial charge on any atom is 0.142 e. The van der Waals surface area contributed by atoms with E-state index >= 15 is 0 Å². The topological polar surface area (TPSA) is 39.7 Å². The molecular weight excluding hydrogens is 230 g/mol. The Hall–Kier alpha value is -1.42. The summed E-state index contributed by atoms with van der Waals surface area (Å²) >= 11 is 0. The fraction of sp³-hybridized carbons (Fsp3) is 0.571. The van der Waals surface area contributed by atoms with Crippen molar-refractivity contribution in [2.45, 2.75) is 25.9 Å². The fourth-order valence-electron chi connectivity index (χ4n) is 1.55. The van der Waals surface area contributed by atoms with Crippen molar-refractivity contribution in [3.05, 3.63) is 18.2 Å². The van der Waals surface area contributed by atoms with Crippen molar-refractivity contribution in [2.24, 2.45) is 0 Å². The zero-order valence-corrected chi connectivity index (χ0v) is 11.9. The van der Waals surface area contributed by atoms with Crippen molar-refractivity contribution < 1.29 is 14.2 Å². The van der Waals surface area contributed by atoms with Gasteiger partial charge in [-0.3, -0.25) is 0 Å². The Morgan fingerprint density at radius 3 is 2.39 bits per heavy atom. The molecule has 0 aliphatic carbocycles. The zero-order valence-electron chi connectivity index (χ0n) is 11.9. The molecule has 0 fully saturated rings. The predicted molar refractivity (Wildman–Crippen MR) is 73.7 cm³/mol. The standard InChI is InChI=1S/C14H23NO3/c1-14(2,18-5)8-9-15-12-10-11(16-3)6-7-13(12)17-4/h6-7,10,15H,8-9H2,1-5H3. The molecule has 1 aromatic rings. The smallest absolute Gasteiger partial charge is 0.142 e. The Morgan fingerprint density at radius 2 is 1.83 bits per heavy atom. The van der Waals surface area contributed by atoms with E-state index in [1.54, 1.807) is 21.3 Å². The molecule has 4 heteroatoms. The van der Waals surface area contributed by atoms with Gasteiger partial charge < -0.3 is 19.5 Å². The maximum atomic E-state index is 5.38. The summed E-state index contributed by atoms with van der Waals surface area (Å²) in [5, 5.41) is 3.34. The first-order valence-corrected chi connectivity index (χ1v) is 6.03. The van der Waals surface area contributed by atoms with Gasteiger partial charge in [0.2, 0.25) is 0 Å². The summed E-state index contributed by atoms with van der Waals surface area (Å²) in [7, 11) is 5.04. The maximum absolute atomic E-state index is 5.38. The summed E-state index contributed by atoms with van der Waals surface area (Å²) in [4.78, 5) is 0. The van der Waals surface area contributed by atoms with Gasteiger partial charge in [0.25, 0.3) is 0 Å². The normalized spacial score (nSPS) is 11.2. The van der Waals surface area contributed by atoms with E-state index in [1.165, 1.54) is 0 Å². The summed E-state index contributed by atoms with van der Waals surface area (Å²) in [6, 6.07) is 5.70. The second-order valence-corrected chi connectivity index (χ2v) is 4.71. The Morgan fingerprint density at radius 1 is 1.11 bits per heavy atom. The third kappa shape index (κ3) is 4.11. The molecular formula is C14H23NO3. The highest BCUT2D eigenvalue weighted by Gasteiger charge is 2.15. The number of hydrogen-bond acceptors (Lipinski definition) is 4. The minimum atomic E-state index is -0.126. The van der Waals surface area contributed by atoms with Crippen LogP contribution in [0.15, 0.2) is 18.2 Å². The number of benzene rings is 1. The number of anilines is 1. The van der Waals surface area contributed by atoms with Crippen molar-refractivity contribution in [3.8, 4) is 11.5 Å². The van der Waals surface area contributed by atoms with Gasteiger partial charge in [-0.05, 0) is 32.4 Å². The molecule has 1 aromatic carbocycles. The number of nitrogens with one attached hydrogen (secondary N) is 1. The summed E-state index contributed by atoms with van der Waals surface area (Å²) in [6.07, 6.45) is 0.907. The van der Waals surface area contributed by atoms with Crippen molar-refractivity contribution in [2.75, 3.05) is 33.2 Å². The van der Waals surface area contributed by atoms with Crippen LogP contribution in [0.25, 0.3) is 0 Å². The predicted octanol–water partition coefficient (Wildman–Crippen LogP) is 2.93. The van der Waals surface area contributed by atoms with Crippen molar-refractivity contribution in [1.29, 1.82) is 0 Å². The van der Waals surface area contributed by atoms with Crippen molar-refractivity contribution >= 4 is 5.69 Å². The van der Waals surface area contributed by atoms with Gasteiger partial charge in [-0.25, -0.2) is 0 Å². The summed E-state index contributed by atoms with van der Waals surface area (Å²) in [6.45, 7) is 4.94. The second-order valence-electron chi connectivity index (χ2n) is 4.71. The molecule has 0 radical (unpaired) electrons. The molecule has 0 aromatic heterocycles. The molecule has 102 valence electrons. The van der Waals surface area contributed by atoms with E-state index < -0.39 is 0 Å². The van der Waals surface area contributed by atoms with E-state index in [-0.39, 0.29) is 5.60 Å². The molecule has 0 aliphatic heterocycles. The second kappa shape index (κ2) is 6.50. The average Bonchev–Trinajstić information content (AvgIpc) is 2.38. The third-order valence-electron chi connectivity index (χ3n) is 3.00. The van der Waals surface area contributed by atoms with Crippen LogP contribution in [-0.2, 0) is 4.74 Å². The lowest BCUT2D eigenvalue weighted by Crippen LogP contribution is -2.25. The fourth-order valence-corrected chi connectivity index (χ4v) is 1.55. The van der Waals surface area contributed by atoms with E-state index in [9.17, 15) is 0 Å². The molecule has 0 bridgehead atoms. The average molecular weight is 253 g/mol. The van der Waals surface area contributed by atoms with Gasteiger partial charge in [-0.2, -0.15) is 0 Å². The summed E-state index contributed by atoms with van der Waals surface area (Å²) in [5.74, 6) is 1.62. The van der Waals surface area contributed by atoms with E-state index in [0.717, 1.165) is 30.2 Å². The van der Waals surface area contributed by atoms with E-state index in [1.807, 2.05) is 18.2 Å². The van der Waals surface area contributed by atoms with Gasteiger partial charge in [0, 0.05) is 19.7 Å². The van der Waals surface area contributed by atoms with Gasteiger partial charge in [0.1, 0.15) is 11.5 Å². The largest absolute Gasteiger partial charge is 0.497 e. The molecule has 18 heavy (non-hydrogen) atoms. The van der Waals surface area contributed by atoms with Crippen LogP contribution in [0, 0.1) is 0 Å². The molecule has 1 rings (SSSR count). The number of methoxy groups -OCH3 is 3.